The molecule has 0 atom stereocenters. The lowest BCUT2D eigenvalue weighted by Crippen LogP contribution is -2.25. The molecule has 3 N–H and O–H groups in total. The Morgan fingerprint density at radius 2 is 1.25 bits per heavy atom. The Bertz CT molecular complexity index is 953. The first-order chi connectivity index (χ1) is 13.6. The molecular weight excluding hydrogens is 359 g/mol. The maximum Gasteiger partial charge on any atom is 0.274 e. The molecule has 0 bridgehead atoms. The number of halogens is 1. The number of benzene rings is 3. The van der Waals surface area contributed by atoms with Gasteiger partial charge in [-0.25, -0.2) is 9.87 Å². The van der Waals surface area contributed by atoms with E-state index in [4.69, 9.17) is 5.21 Å². The van der Waals surface area contributed by atoms with Gasteiger partial charge in [-0.3, -0.25) is 14.8 Å². The Morgan fingerprint density at radius 1 is 0.750 bits per heavy atom. The molecule has 0 aromatic heterocycles. The molecule has 0 aliphatic heterocycles. The van der Waals surface area contributed by atoms with Crippen LogP contribution >= 0.6 is 0 Å². The Kier molecular flexibility index (Phi) is 6.14. The lowest BCUT2D eigenvalue weighted by Gasteiger charge is -2.07. The van der Waals surface area contributed by atoms with Crippen molar-refractivity contribution in [3.8, 4) is 11.1 Å². The molecule has 6 heteroatoms. The quantitative estimate of drug-likeness (QED) is 0.453. The minimum Gasteiger partial charge on any atom is -0.352 e. The smallest absolute Gasteiger partial charge is 0.274 e. The number of hydroxylamine groups is 1. The molecule has 0 unspecified atom stereocenters. The van der Waals surface area contributed by atoms with Gasteiger partial charge in [-0.15, -0.1) is 0 Å². The predicted octanol–water partition coefficient (Wildman–Crippen LogP) is 3.58. The van der Waals surface area contributed by atoms with E-state index in [2.05, 4.69) is 5.32 Å². The third-order valence-electron chi connectivity index (χ3n) is 4.34. The lowest BCUT2D eigenvalue weighted by atomic mass is 10.0. The molecule has 3 aromatic rings. The van der Waals surface area contributed by atoms with Crippen LogP contribution < -0.4 is 10.8 Å². The molecule has 3 aromatic carbocycles. The maximum absolute atomic E-state index is 12.9. The number of hydrogen-bond donors (Lipinski definition) is 3. The maximum atomic E-state index is 12.9. The van der Waals surface area contributed by atoms with Crippen LogP contribution in [0.25, 0.3) is 11.1 Å². The highest BCUT2D eigenvalue weighted by atomic mass is 19.1. The van der Waals surface area contributed by atoms with Gasteiger partial charge in [0.25, 0.3) is 11.8 Å². The highest BCUT2D eigenvalue weighted by molar-refractivity contribution is 5.95. The molecule has 0 aliphatic rings. The number of hydrogen-bond acceptors (Lipinski definition) is 3. The summed E-state index contributed by atoms with van der Waals surface area (Å²) < 4.78 is 12.9. The van der Waals surface area contributed by atoms with Crippen molar-refractivity contribution < 1.29 is 19.2 Å². The summed E-state index contributed by atoms with van der Waals surface area (Å²) in [6.45, 7) is 0.459. The van der Waals surface area contributed by atoms with Crippen LogP contribution in [0.1, 0.15) is 26.3 Å². The second kappa shape index (κ2) is 8.92. The second-order valence-corrected chi connectivity index (χ2v) is 6.23. The first kappa shape index (κ1) is 19.3. The zero-order valence-corrected chi connectivity index (χ0v) is 15.0. The van der Waals surface area contributed by atoms with Gasteiger partial charge in [0, 0.05) is 17.7 Å². The minimum atomic E-state index is -0.570. The zero-order chi connectivity index (χ0) is 19.9. The summed E-state index contributed by atoms with van der Waals surface area (Å²) >= 11 is 0. The fourth-order valence-electron chi connectivity index (χ4n) is 2.77. The lowest BCUT2D eigenvalue weighted by molar-refractivity contribution is 0.0706. The van der Waals surface area contributed by atoms with Crippen molar-refractivity contribution in [2.45, 2.75) is 6.42 Å². The summed E-state index contributed by atoms with van der Waals surface area (Å²) in [6, 6.07) is 20.1. The number of carbonyl (C=O) groups excluding carboxylic acids is 2. The SMILES string of the molecule is O=C(NO)c1ccc(-c2ccc(C(=O)NCCc3ccc(F)cc3)cc2)cc1. The highest BCUT2D eigenvalue weighted by Crippen LogP contribution is 2.20. The Morgan fingerprint density at radius 3 is 1.75 bits per heavy atom. The summed E-state index contributed by atoms with van der Waals surface area (Å²) in [5.41, 5.74) is 5.22. The Hall–Kier alpha value is -3.51. The number of carbonyl (C=O) groups is 2. The molecular formula is C22H19FN2O3. The fraction of sp³-hybridized carbons (Fsp3) is 0.0909. The third-order valence-corrected chi connectivity index (χ3v) is 4.34. The minimum absolute atomic E-state index is 0.177. The van der Waals surface area contributed by atoms with Gasteiger partial charge >= 0.3 is 0 Å². The van der Waals surface area contributed by atoms with Gasteiger partial charge in [-0.2, -0.15) is 0 Å². The second-order valence-electron chi connectivity index (χ2n) is 6.23. The highest BCUT2D eigenvalue weighted by Gasteiger charge is 2.07. The van der Waals surface area contributed by atoms with Crippen LogP contribution in [-0.2, 0) is 6.42 Å². The van der Waals surface area contributed by atoms with E-state index in [-0.39, 0.29) is 11.7 Å². The molecule has 0 fully saturated rings. The van der Waals surface area contributed by atoms with Gasteiger partial charge in [0.15, 0.2) is 0 Å². The first-order valence-corrected chi connectivity index (χ1v) is 8.74. The van der Waals surface area contributed by atoms with Gasteiger partial charge in [-0.1, -0.05) is 36.4 Å². The van der Waals surface area contributed by atoms with Crippen molar-refractivity contribution in [3.63, 3.8) is 0 Å². The van der Waals surface area contributed by atoms with E-state index < -0.39 is 5.91 Å². The molecule has 3 rings (SSSR count). The van der Waals surface area contributed by atoms with Crippen molar-refractivity contribution in [2.24, 2.45) is 0 Å². The summed E-state index contributed by atoms with van der Waals surface area (Å²) in [6.07, 6.45) is 0.623. The molecule has 5 nitrogen and oxygen atoms in total. The number of nitrogens with one attached hydrogen (secondary N) is 2. The van der Waals surface area contributed by atoms with Crippen molar-refractivity contribution in [2.75, 3.05) is 6.54 Å². The topological polar surface area (TPSA) is 78.4 Å². The molecule has 0 aliphatic carbocycles. The molecule has 2 amide bonds. The Balaban J connectivity index is 1.58. The molecule has 0 saturated heterocycles. The van der Waals surface area contributed by atoms with E-state index in [1.165, 1.54) is 12.1 Å². The van der Waals surface area contributed by atoms with E-state index in [1.54, 1.807) is 54.0 Å². The van der Waals surface area contributed by atoms with E-state index in [0.29, 0.717) is 24.1 Å². The molecule has 142 valence electrons. The van der Waals surface area contributed by atoms with Crippen LogP contribution in [0.5, 0.6) is 0 Å². The third kappa shape index (κ3) is 4.81. The van der Waals surface area contributed by atoms with Crippen LogP contribution in [0.2, 0.25) is 0 Å². The molecule has 0 spiro atoms. The van der Waals surface area contributed by atoms with Gasteiger partial charge < -0.3 is 5.32 Å². The van der Waals surface area contributed by atoms with Crippen LogP contribution in [0, 0.1) is 5.82 Å². The van der Waals surface area contributed by atoms with Crippen LogP contribution in [0.4, 0.5) is 4.39 Å². The van der Waals surface area contributed by atoms with Crippen molar-refractivity contribution in [1.82, 2.24) is 10.8 Å². The first-order valence-electron chi connectivity index (χ1n) is 8.74. The largest absolute Gasteiger partial charge is 0.352 e. The van der Waals surface area contributed by atoms with Gasteiger partial charge in [0.05, 0.1) is 0 Å². The van der Waals surface area contributed by atoms with Crippen molar-refractivity contribution >= 4 is 11.8 Å². The van der Waals surface area contributed by atoms with Crippen LogP contribution in [0.15, 0.2) is 72.8 Å². The van der Waals surface area contributed by atoms with Gasteiger partial charge in [0.2, 0.25) is 0 Å². The average molecular weight is 378 g/mol. The normalized spacial score (nSPS) is 10.4. The van der Waals surface area contributed by atoms with Gasteiger partial charge in [-0.05, 0) is 59.5 Å². The summed E-state index contributed by atoms with van der Waals surface area (Å²) in [7, 11) is 0. The molecule has 28 heavy (non-hydrogen) atoms. The molecule has 0 radical (unpaired) electrons. The standard InChI is InChI=1S/C22H19FN2O3/c23-20-11-1-15(2-12-20)13-14-24-21(26)18-7-3-16(4-8-18)17-5-9-19(10-6-17)22(27)25-28/h1-12,28H,13-14H2,(H,24,26)(H,25,27). The summed E-state index contributed by atoms with van der Waals surface area (Å²) in [5, 5.41) is 11.5. The van der Waals surface area contributed by atoms with E-state index in [9.17, 15) is 14.0 Å². The molecule has 0 heterocycles. The van der Waals surface area contributed by atoms with E-state index in [1.807, 2.05) is 12.1 Å². The fourth-order valence-corrected chi connectivity index (χ4v) is 2.77. The van der Waals surface area contributed by atoms with Crippen LogP contribution in [-0.4, -0.2) is 23.6 Å². The Labute approximate surface area is 161 Å². The average Bonchev–Trinajstić information content (AvgIpc) is 2.74. The van der Waals surface area contributed by atoms with Gasteiger partial charge in [0.1, 0.15) is 5.82 Å². The van der Waals surface area contributed by atoms with Crippen molar-refractivity contribution in [3.05, 3.63) is 95.3 Å². The van der Waals surface area contributed by atoms with E-state index >= 15 is 0 Å². The zero-order valence-electron chi connectivity index (χ0n) is 15.0. The number of amides is 2. The predicted molar refractivity (Wildman–Crippen MR) is 104 cm³/mol. The molecule has 0 saturated carbocycles. The summed E-state index contributed by atoms with van der Waals surface area (Å²) in [4.78, 5) is 23.6. The van der Waals surface area contributed by atoms with E-state index in [0.717, 1.165) is 16.7 Å². The number of rotatable bonds is 6. The van der Waals surface area contributed by atoms with Crippen molar-refractivity contribution in [1.29, 1.82) is 0 Å². The van der Waals surface area contributed by atoms with Crippen LogP contribution in [0.3, 0.4) is 0 Å². The summed E-state index contributed by atoms with van der Waals surface area (Å²) in [5.74, 6) is -1.03. The monoisotopic (exact) mass is 378 g/mol.